The van der Waals surface area contributed by atoms with Crippen molar-refractivity contribution < 1.29 is 4.39 Å². The fourth-order valence-electron chi connectivity index (χ4n) is 1.16. The maximum absolute atomic E-state index is 13.2. The average Bonchev–Trinajstić information content (AvgIpc) is 2.66. The van der Waals surface area contributed by atoms with Gasteiger partial charge in [0.05, 0.1) is 23.9 Å². The van der Waals surface area contributed by atoms with E-state index in [9.17, 15) is 4.39 Å². The molecule has 2 aromatic heterocycles. The first-order valence-corrected chi connectivity index (χ1v) is 5.45. The van der Waals surface area contributed by atoms with Crippen molar-refractivity contribution in [3.63, 3.8) is 0 Å². The number of nitrogens with zero attached hydrogens (tertiary/aromatic N) is 3. The molecule has 3 N–H and O–H groups in total. The second-order valence-electron chi connectivity index (χ2n) is 3.14. The van der Waals surface area contributed by atoms with Gasteiger partial charge >= 0.3 is 0 Å². The van der Waals surface area contributed by atoms with E-state index in [1.807, 2.05) is 6.92 Å². The number of nitrogens with one attached hydrogen (secondary N) is 1. The van der Waals surface area contributed by atoms with Gasteiger partial charge in [-0.1, -0.05) is 0 Å². The van der Waals surface area contributed by atoms with Gasteiger partial charge in [0.1, 0.15) is 0 Å². The van der Waals surface area contributed by atoms with Crippen LogP contribution in [0.2, 0.25) is 0 Å². The van der Waals surface area contributed by atoms with Crippen LogP contribution < -0.4 is 11.1 Å². The van der Waals surface area contributed by atoms with Gasteiger partial charge < -0.3 is 11.1 Å². The Kier molecular flexibility index (Phi) is 2.95. The molecule has 16 heavy (non-hydrogen) atoms. The summed E-state index contributed by atoms with van der Waals surface area (Å²) in [7, 11) is 0. The third kappa shape index (κ3) is 2.25. The molecule has 2 aromatic rings. The van der Waals surface area contributed by atoms with Gasteiger partial charge in [-0.15, -0.1) is 11.3 Å². The van der Waals surface area contributed by atoms with Crippen molar-refractivity contribution in [1.29, 1.82) is 0 Å². The molecule has 2 rings (SSSR count). The summed E-state index contributed by atoms with van der Waals surface area (Å²) in [5, 5.41) is 2.86. The number of anilines is 2. The Balaban J connectivity index is 2.10. The number of halogens is 1. The Morgan fingerprint density at radius 1 is 1.50 bits per heavy atom. The van der Waals surface area contributed by atoms with Crippen molar-refractivity contribution in [2.45, 2.75) is 13.5 Å². The quantitative estimate of drug-likeness (QED) is 0.850. The molecule has 0 atom stereocenters. The Labute approximate surface area is 95.6 Å². The summed E-state index contributed by atoms with van der Waals surface area (Å²) in [4.78, 5) is 12.4. The van der Waals surface area contributed by atoms with Gasteiger partial charge in [0.25, 0.3) is 0 Å². The third-order valence-corrected chi connectivity index (χ3v) is 2.96. The highest BCUT2D eigenvalue weighted by Crippen LogP contribution is 2.16. The molecule has 5 nitrogen and oxygen atoms in total. The summed E-state index contributed by atoms with van der Waals surface area (Å²) in [5.41, 5.74) is 8.05. The van der Waals surface area contributed by atoms with Crippen LogP contribution in [0.1, 0.15) is 10.6 Å². The van der Waals surface area contributed by atoms with Crippen LogP contribution in [-0.2, 0) is 6.54 Å². The van der Waals surface area contributed by atoms with Crippen LogP contribution in [0.15, 0.2) is 11.7 Å². The standard InChI is InChI=1S/C9H10FN5S/c1-5-7(16-4-14-5)3-12-8-6(10)2-13-9(11)15-8/h2,4H,3H2,1H3,(H3,11,12,13,15). The molecule has 0 aliphatic carbocycles. The number of nitrogen functional groups attached to an aromatic ring is 1. The van der Waals surface area contributed by atoms with Gasteiger partial charge in [0.2, 0.25) is 5.95 Å². The normalized spacial score (nSPS) is 10.4. The Bertz CT molecular complexity index is 498. The van der Waals surface area contributed by atoms with Gasteiger partial charge in [0, 0.05) is 4.88 Å². The average molecular weight is 239 g/mol. The molecular formula is C9H10FN5S. The summed E-state index contributed by atoms with van der Waals surface area (Å²) in [6.45, 7) is 2.38. The molecule has 84 valence electrons. The zero-order valence-electron chi connectivity index (χ0n) is 8.57. The molecule has 0 amide bonds. The third-order valence-electron chi connectivity index (χ3n) is 2.02. The number of thiazole rings is 1. The summed E-state index contributed by atoms with van der Waals surface area (Å²) >= 11 is 1.51. The summed E-state index contributed by atoms with van der Waals surface area (Å²) in [5.74, 6) is -0.360. The van der Waals surface area contributed by atoms with E-state index < -0.39 is 5.82 Å². The second-order valence-corrected chi connectivity index (χ2v) is 4.08. The highest BCUT2D eigenvalue weighted by Gasteiger charge is 2.06. The van der Waals surface area contributed by atoms with Gasteiger partial charge in [-0.05, 0) is 6.92 Å². The molecule has 0 aromatic carbocycles. The van der Waals surface area contributed by atoms with Crippen LogP contribution in [0.5, 0.6) is 0 Å². The van der Waals surface area contributed by atoms with E-state index in [0.717, 1.165) is 16.8 Å². The van der Waals surface area contributed by atoms with E-state index in [1.165, 1.54) is 11.3 Å². The topological polar surface area (TPSA) is 76.7 Å². The molecular weight excluding hydrogens is 229 g/mol. The zero-order valence-corrected chi connectivity index (χ0v) is 9.38. The molecule has 0 aliphatic heterocycles. The van der Waals surface area contributed by atoms with Crippen molar-refractivity contribution in [1.82, 2.24) is 15.0 Å². The second kappa shape index (κ2) is 4.40. The molecule has 0 unspecified atom stereocenters. The van der Waals surface area contributed by atoms with E-state index in [2.05, 4.69) is 20.3 Å². The number of aryl methyl sites for hydroxylation is 1. The van der Waals surface area contributed by atoms with E-state index >= 15 is 0 Å². The lowest BCUT2D eigenvalue weighted by Crippen LogP contribution is -2.06. The Morgan fingerprint density at radius 2 is 2.31 bits per heavy atom. The molecule has 2 heterocycles. The first-order valence-electron chi connectivity index (χ1n) is 4.57. The minimum atomic E-state index is -0.517. The molecule has 0 spiro atoms. The van der Waals surface area contributed by atoms with Crippen LogP contribution in [-0.4, -0.2) is 15.0 Å². The van der Waals surface area contributed by atoms with Crippen LogP contribution in [0.25, 0.3) is 0 Å². The molecule has 0 radical (unpaired) electrons. The maximum Gasteiger partial charge on any atom is 0.222 e. The Hall–Kier alpha value is -1.76. The smallest absolute Gasteiger partial charge is 0.222 e. The van der Waals surface area contributed by atoms with Crippen molar-refractivity contribution in [3.8, 4) is 0 Å². The van der Waals surface area contributed by atoms with Crippen molar-refractivity contribution >= 4 is 23.1 Å². The molecule has 0 saturated carbocycles. The minimum Gasteiger partial charge on any atom is -0.368 e. The monoisotopic (exact) mass is 239 g/mol. The van der Waals surface area contributed by atoms with Crippen molar-refractivity contribution in [2.75, 3.05) is 11.1 Å². The largest absolute Gasteiger partial charge is 0.368 e. The first kappa shape index (κ1) is 10.7. The predicted molar refractivity (Wildman–Crippen MR) is 60.6 cm³/mol. The number of rotatable bonds is 3. The fraction of sp³-hybridized carbons (Fsp3) is 0.222. The molecule has 0 saturated heterocycles. The zero-order chi connectivity index (χ0) is 11.5. The summed E-state index contributed by atoms with van der Waals surface area (Å²) < 4.78 is 13.2. The van der Waals surface area contributed by atoms with Gasteiger partial charge in [-0.25, -0.2) is 14.4 Å². The van der Waals surface area contributed by atoms with Crippen LogP contribution in [0.4, 0.5) is 16.2 Å². The highest BCUT2D eigenvalue weighted by atomic mass is 32.1. The highest BCUT2D eigenvalue weighted by molar-refractivity contribution is 7.09. The maximum atomic E-state index is 13.2. The lowest BCUT2D eigenvalue weighted by Gasteiger charge is -2.05. The minimum absolute atomic E-state index is 0.0462. The van der Waals surface area contributed by atoms with Gasteiger partial charge in [-0.2, -0.15) is 4.98 Å². The summed E-state index contributed by atoms with van der Waals surface area (Å²) in [6, 6.07) is 0. The van der Waals surface area contributed by atoms with Crippen LogP contribution >= 0.6 is 11.3 Å². The van der Waals surface area contributed by atoms with E-state index in [-0.39, 0.29) is 11.8 Å². The number of hydrogen-bond donors (Lipinski definition) is 2. The first-order chi connectivity index (χ1) is 7.66. The number of hydrogen-bond acceptors (Lipinski definition) is 6. The predicted octanol–water partition coefficient (Wildman–Crippen LogP) is 1.57. The Morgan fingerprint density at radius 3 is 3.00 bits per heavy atom. The fourth-order valence-corrected chi connectivity index (χ4v) is 1.88. The van der Waals surface area contributed by atoms with E-state index in [4.69, 9.17) is 5.73 Å². The SMILES string of the molecule is Cc1ncsc1CNc1nc(N)ncc1F. The van der Waals surface area contributed by atoms with E-state index in [1.54, 1.807) is 5.51 Å². The van der Waals surface area contributed by atoms with Crippen molar-refractivity contribution in [3.05, 3.63) is 28.1 Å². The lowest BCUT2D eigenvalue weighted by atomic mass is 10.4. The van der Waals surface area contributed by atoms with Crippen molar-refractivity contribution in [2.24, 2.45) is 0 Å². The number of nitrogens with two attached hydrogens (primary N) is 1. The molecule has 0 fully saturated rings. The van der Waals surface area contributed by atoms with Crippen LogP contribution in [0, 0.1) is 12.7 Å². The van der Waals surface area contributed by atoms with Crippen LogP contribution in [0.3, 0.4) is 0 Å². The summed E-state index contributed by atoms with van der Waals surface area (Å²) in [6.07, 6.45) is 1.05. The number of aromatic nitrogens is 3. The van der Waals surface area contributed by atoms with E-state index in [0.29, 0.717) is 6.54 Å². The lowest BCUT2D eigenvalue weighted by molar-refractivity contribution is 0.617. The van der Waals surface area contributed by atoms with Gasteiger partial charge in [-0.3, -0.25) is 0 Å². The molecule has 0 bridgehead atoms. The molecule has 0 aliphatic rings. The molecule has 7 heteroatoms. The van der Waals surface area contributed by atoms with Gasteiger partial charge in [0.15, 0.2) is 11.6 Å².